The molecule has 0 atom stereocenters. The Balaban J connectivity index is 3.55. The number of hydrogen-bond acceptors (Lipinski definition) is 2. The van der Waals surface area contributed by atoms with Crippen molar-refractivity contribution in [3.05, 3.63) is 29.3 Å². The summed E-state index contributed by atoms with van der Waals surface area (Å²) in [6.07, 6.45) is 0. The van der Waals surface area contributed by atoms with Crippen molar-refractivity contribution in [3.8, 4) is 0 Å². The first-order valence-corrected chi connectivity index (χ1v) is 6.27. The SMILES string of the molecule is CC(C)c1cc(F)c(S(=O)(=O)C(F)(F)F)c(F)c1. The number of hydrogen-bond donors (Lipinski definition) is 0. The van der Waals surface area contributed by atoms with Gasteiger partial charge in [-0.1, -0.05) is 13.8 Å². The third-order valence-electron chi connectivity index (χ3n) is 2.26. The highest BCUT2D eigenvalue weighted by molar-refractivity contribution is 7.92. The zero-order valence-electron chi connectivity index (χ0n) is 9.35. The van der Waals surface area contributed by atoms with Crippen molar-refractivity contribution < 1.29 is 30.4 Å². The largest absolute Gasteiger partial charge is 0.502 e. The van der Waals surface area contributed by atoms with E-state index in [-0.39, 0.29) is 11.5 Å². The second kappa shape index (κ2) is 4.49. The Labute approximate surface area is 100 Å². The smallest absolute Gasteiger partial charge is 0.214 e. The molecule has 102 valence electrons. The third-order valence-corrected chi connectivity index (χ3v) is 3.80. The van der Waals surface area contributed by atoms with Crippen LogP contribution in [0.4, 0.5) is 22.0 Å². The van der Waals surface area contributed by atoms with E-state index in [0.29, 0.717) is 12.1 Å². The number of benzene rings is 1. The molecule has 0 N–H and O–H groups in total. The maximum absolute atomic E-state index is 13.4. The molecule has 1 aromatic rings. The molecule has 0 aliphatic carbocycles. The minimum atomic E-state index is -6.03. The number of rotatable bonds is 2. The van der Waals surface area contributed by atoms with E-state index >= 15 is 0 Å². The summed E-state index contributed by atoms with van der Waals surface area (Å²) in [5.74, 6) is -3.83. The van der Waals surface area contributed by atoms with Gasteiger partial charge in [-0.3, -0.25) is 0 Å². The molecule has 0 fully saturated rings. The van der Waals surface area contributed by atoms with E-state index in [1.54, 1.807) is 13.8 Å². The van der Waals surface area contributed by atoms with E-state index in [2.05, 4.69) is 0 Å². The normalized spacial score (nSPS) is 13.1. The molecule has 0 saturated heterocycles. The highest BCUT2D eigenvalue weighted by Gasteiger charge is 2.49. The van der Waals surface area contributed by atoms with Crippen LogP contribution in [0.15, 0.2) is 17.0 Å². The predicted molar refractivity (Wildman–Crippen MR) is 53.7 cm³/mol. The van der Waals surface area contributed by atoms with E-state index in [4.69, 9.17) is 0 Å². The van der Waals surface area contributed by atoms with Crippen LogP contribution in [0.25, 0.3) is 0 Å². The van der Waals surface area contributed by atoms with Gasteiger partial charge < -0.3 is 0 Å². The van der Waals surface area contributed by atoms with Crippen LogP contribution in [-0.2, 0) is 9.84 Å². The molecule has 0 aromatic heterocycles. The first-order valence-electron chi connectivity index (χ1n) is 4.78. The summed E-state index contributed by atoms with van der Waals surface area (Å²) in [6.45, 7) is 3.12. The standard InChI is InChI=1S/C10H9F5O2S/c1-5(2)6-3-7(11)9(8(12)4-6)18(16,17)10(13,14)15/h3-5H,1-2H3. The molecule has 8 heteroatoms. The quantitative estimate of drug-likeness (QED) is 0.782. The lowest BCUT2D eigenvalue weighted by Gasteiger charge is -2.12. The summed E-state index contributed by atoms with van der Waals surface area (Å²) >= 11 is 0. The Hall–Kier alpha value is -1.18. The van der Waals surface area contributed by atoms with E-state index in [1.807, 2.05) is 0 Å². The van der Waals surface area contributed by atoms with E-state index in [0.717, 1.165) is 0 Å². The van der Waals surface area contributed by atoms with Gasteiger partial charge in [-0.25, -0.2) is 17.2 Å². The number of halogens is 5. The van der Waals surface area contributed by atoms with Crippen molar-refractivity contribution in [1.82, 2.24) is 0 Å². The molecule has 0 heterocycles. The van der Waals surface area contributed by atoms with Crippen molar-refractivity contribution in [2.24, 2.45) is 0 Å². The van der Waals surface area contributed by atoms with Gasteiger partial charge in [-0.15, -0.1) is 0 Å². The lowest BCUT2D eigenvalue weighted by molar-refractivity contribution is -0.0439. The summed E-state index contributed by atoms with van der Waals surface area (Å²) in [5, 5.41) is 0. The molecule has 0 unspecified atom stereocenters. The molecule has 0 radical (unpaired) electrons. The van der Waals surface area contributed by atoms with Gasteiger partial charge in [0.25, 0.3) is 9.84 Å². The Morgan fingerprint density at radius 1 is 1.06 bits per heavy atom. The molecule has 1 aromatic carbocycles. The molecule has 1 rings (SSSR count). The summed E-state index contributed by atoms with van der Waals surface area (Å²) in [6, 6.07) is 1.18. The fraction of sp³-hybridized carbons (Fsp3) is 0.400. The van der Waals surface area contributed by atoms with Gasteiger partial charge in [-0.2, -0.15) is 13.2 Å². The van der Waals surface area contributed by atoms with Crippen molar-refractivity contribution in [2.45, 2.75) is 30.2 Å². The minimum absolute atomic E-state index is 0.0751. The molecule has 0 saturated carbocycles. The van der Waals surface area contributed by atoms with E-state index in [1.165, 1.54) is 0 Å². The lowest BCUT2D eigenvalue weighted by Crippen LogP contribution is -2.25. The lowest BCUT2D eigenvalue weighted by atomic mass is 10.0. The first kappa shape index (κ1) is 14.9. The van der Waals surface area contributed by atoms with Crippen LogP contribution in [0.1, 0.15) is 25.3 Å². The third kappa shape index (κ3) is 2.47. The molecule has 0 aliphatic heterocycles. The summed E-state index contributed by atoms with van der Waals surface area (Å²) < 4.78 is 85.4. The van der Waals surface area contributed by atoms with Gasteiger partial charge in [0.2, 0.25) is 0 Å². The van der Waals surface area contributed by atoms with Crippen LogP contribution in [0.3, 0.4) is 0 Å². The first-order chi connectivity index (χ1) is 7.98. The van der Waals surface area contributed by atoms with Gasteiger partial charge in [-0.05, 0) is 23.6 Å². The second-order valence-electron chi connectivity index (χ2n) is 3.92. The van der Waals surface area contributed by atoms with E-state index < -0.39 is 31.9 Å². The Morgan fingerprint density at radius 2 is 1.44 bits per heavy atom. The average molecular weight is 288 g/mol. The van der Waals surface area contributed by atoms with Crippen LogP contribution in [0, 0.1) is 11.6 Å². The predicted octanol–water partition coefficient (Wildman–Crippen LogP) is 3.38. The molecular formula is C10H9F5O2S. The van der Waals surface area contributed by atoms with Crippen molar-refractivity contribution in [3.63, 3.8) is 0 Å². The summed E-state index contributed by atoms with van der Waals surface area (Å²) in [5.41, 5.74) is -5.67. The van der Waals surface area contributed by atoms with Crippen LogP contribution >= 0.6 is 0 Å². The fourth-order valence-corrected chi connectivity index (χ4v) is 2.15. The summed E-state index contributed by atoms with van der Waals surface area (Å²) in [7, 11) is -6.03. The highest BCUT2D eigenvalue weighted by atomic mass is 32.2. The topological polar surface area (TPSA) is 34.1 Å². The summed E-state index contributed by atoms with van der Waals surface area (Å²) in [4.78, 5) is -1.96. The molecular weight excluding hydrogens is 279 g/mol. The van der Waals surface area contributed by atoms with Gasteiger partial charge in [0.15, 0.2) is 0 Å². The fourth-order valence-electron chi connectivity index (χ4n) is 1.29. The van der Waals surface area contributed by atoms with Crippen LogP contribution < -0.4 is 0 Å². The molecule has 0 aliphatic rings. The minimum Gasteiger partial charge on any atom is -0.214 e. The van der Waals surface area contributed by atoms with Gasteiger partial charge in [0, 0.05) is 0 Å². The van der Waals surface area contributed by atoms with Crippen molar-refractivity contribution in [2.75, 3.05) is 0 Å². The molecule has 0 bridgehead atoms. The van der Waals surface area contributed by atoms with Crippen molar-refractivity contribution >= 4 is 9.84 Å². The molecule has 18 heavy (non-hydrogen) atoms. The zero-order valence-corrected chi connectivity index (χ0v) is 10.2. The molecule has 0 spiro atoms. The Kier molecular flexibility index (Phi) is 3.71. The van der Waals surface area contributed by atoms with Crippen molar-refractivity contribution in [1.29, 1.82) is 0 Å². The Morgan fingerprint density at radius 3 is 1.72 bits per heavy atom. The number of sulfone groups is 1. The number of alkyl halides is 3. The van der Waals surface area contributed by atoms with Crippen LogP contribution in [0.2, 0.25) is 0 Å². The second-order valence-corrected chi connectivity index (χ2v) is 5.80. The highest BCUT2D eigenvalue weighted by Crippen LogP contribution is 2.34. The van der Waals surface area contributed by atoms with E-state index in [9.17, 15) is 30.4 Å². The maximum Gasteiger partial charge on any atom is 0.502 e. The maximum atomic E-state index is 13.4. The zero-order chi connectivity index (χ0) is 14.3. The van der Waals surface area contributed by atoms with Gasteiger partial charge in [0.05, 0.1) is 0 Å². The Bertz CT molecular complexity index is 537. The van der Waals surface area contributed by atoms with Gasteiger partial charge in [0.1, 0.15) is 16.5 Å². The van der Waals surface area contributed by atoms with Gasteiger partial charge >= 0.3 is 5.51 Å². The average Bonchev–Trinajstić information content (AvgIpc) is 2.13. The van der Waals surface area contributed by atoms with Crippen LogP contribution in [-0.4, -0.2) is 13.9 Å². The van der Waals surface area contributed by atoms with Crippen LogP contribution in [0.5, 0.6) is 0 Å². The molecule has 2 nitrogen and oxygen atoms in total. The molecule has 0 amide bonds. The monoisotopic (exact) mass is 288 g/mol.